The highest BCUT2D eigenvalue weighted by Crippen LogP contribution is 2.38. The molecule has 80 valence electrons. The first-order valence-electron chi connectivity index (χ1n) is 5.77. The zero-order valence-corrected chi connectivity index (χ0v) is 9.75. The van der Waals surface area contributed by atoms with Gasteiger partial charge in [-0.05, 0) is 28.5 Å². The second-order valence-corrected chi connectivity index (χ2v) is 5.97. The first-order valence-corrected chi connectivity index (χ1v) is 5.77. The number of pyridine rings is 1. The summed E-state index contributed by atoms with van der Waals surface area (Å²) in [6, 6.07) is 2.27. The van der Waals surface area contributed by atoms with E-state index in [2.05, 4.69) is 36.7 Å². The van der Waals surface area contributed by atoms with E-state index in [1.165, 1.54) is 30.0 Å². The van der Waals surface area contributed by atoms with Gasteiger partial charge in [0.05, 0.1) is 0 Å². The summed E-state index contributed by atoms with van der Waals surface area (Å²) in [5.41, 5.74) is 3.28. The van der Waals surface area contributed by atoms with Gasteiger partial charge in [0.1, 0.15) is 5.82 Å². The highest BCUT2D eigenvalue weighted by Gasteiger charge is 2.37. The van der Waals surface area contributed by atoms with Crippen molar-refractivity contribution in [3.8, 4) is 0 Å². The van der Waals surface area contributed by atoms with E-state index in [0.717, 1.165) is 12.3 Å². The minimum atomic E-state index is 0.445. The third kappa shape index (κ3) is 1.35. The fraction of sp³-hybridized carbons (Fsp3) is 0.615. The van der Waals surface area contributed by atoms with Crippen LogP contribution in [0, 0.1) is 11.3 Å². The standard InChI is InChI=1S/C13H18N2/c1-13(2,3)11-7-15(8-11)12-10-4-9(5-10)6-14-12/h4,6,11H,5,7-8H2,1-3H3. The maximum Gasteiger partial charge on any atom is 0.132 e. The Labute approximate surface area is 91.3 Å². The van der Waals surface area contributed by atoms with Crippen molar-refractivity contribution >= 4 is 5.82 Å². The predicted octanol–water partition coefficient (Wildman–Crippen LogP) is 2.47. The number of rotatable bonds is 1. The Morgan fingerprint density at radius 3 is 2.47 bits per heavy atom. The van der Waals surface area contributed by atoms with Crippen LogP contribution in [-0.2, 0) is 6.42 Å². The van der Waals surface area contributed by atoms with Crippen LogP contribution in [0.25, 0.3) is 0 Å². The number of anilines is 1. The smallest absolute Gasteiger partial charge is 0.132 e. The summed E-state index contributed by atoms with van der Waals surface area (Å²) in [6.07, 6.45) is 3.17. The van der Waals surface area contributed by atoms with Gasteiger partial charge in [0, 0.05) is 25.7 Å². The molecule has 1 aromatic heterocycles. The summed E-state index contributed by atoms with van der Waals surface area (Å²) in [4.78, 5) is 6.94. The molecule has 3 heterocycles. The lowest BCUT2D eigenvalue weighted by molar-refractivity contribution is 0.194. The summed E-state index contributed by atoms with van der Waals surface area (Å²) in [5, 5.41) is 0. The van der Waals surface area contributed by atoms with Crippen molar-refractivity contribution in [2.75, 3.05) is 18.0 Å². The van der Waals surface area contributed by atoms with Crippen molar-refractivity contribution in [2.24, 2.45) is 11.3 Å². The van der Waals surface area contributed by atoms with Crippen molar-refractivity contribution in [1.82, 2.24) is 4.98 Å². The van der Waals surface area contributed by atoms with Gasteiger partial charge < -0.3 is 4.90 Å². The lowest BCUT2D eigenvalue weighted by atomic mass is 9.75. The van der Waals surface area contributed by atoms with Crippen LogP contribution in [0.2, 0.25) is 0 Å². The predicted molar refractivity (Wildman–Crippen MR) is 62.2 cm³/mol. The third-order valence-electron chi connectivity index (χ3n) is 3.80. The summed E-state index contributed by atoms with van der Waals surface area (Å²) in [7, 11) is 0. The number of hydrogen-bond donors (Lipinski definition) is 0. The molecule has 0 atom stereocenters. The van der Waals surface area contributed by atoms with Crippen molar-refractivity contribution in [1.29, 1.82) is 0 Å². The van der Waals surface area contributed by atoms with Gasteiger partial charge in [0.25, 0.3) is 0 Å². The van der Waals surface area contributed by atoms with Crippen LogP contribution < -0.4 is 4.90 Å². The topological polar surface area (TPSA) is 16.1 Å². The molecule has 0 spiro atoms. The molecule has 2 heteroatoms. The third-order valence-corrected chi connectivity index (χ3v) is 3.80. The Kier molecular flexibility index (Phi) is 1.68. The van der Waals surface area contributed by atoms with E-state index in [0.29, 0.717) is 5.41 Å². The Morgan fingerprint density at radius 2 is 2.00 bits per heavy atom. The molecule has 0 radical (unpaired) electrons. The SMILES string of the molecule is CC(C)(C)C1CN(c2ncc3cc2C3)C1. The quantitative estimate of drug-likeness (QED) is 0.706. The second-order valence-electron chi connectivity index (χ2n) is 5.97. The average Bonchev–Trinajstić information content (AvgIpc) is 1.96. The Hall–Kier alpha value is -1.05. The number of fused-ring (bicyclic) bond motifs is 2. The molecule has 2 nitrogen and oxygen atoms in total. The van der Waals surface area contributed by atoms with E-state index >= 15 is 0 Å². The molecule has 15 heavy (non-hydrogen) atoms. The van der Waals surface area contributed by atoms with Crippen LogP contribution in [0.15, 0.2) is 12.3 Å². The Bertz CT molecular complexity index is 394. The number of hydrogen-bond acceptors (Lipinski definition) is 2. The molecule has 1 fully saturated rings. The van der Waals surface area contributed by atoms with E-state index < -0.39 is 0 Å². The second kappa shape index (κ2) is 2.75. The van der Waals surface area contributed by atoms with Gasteiger partial charge in [-0.1, -0.05) is 20.8 Å². The Morgan fingerprint density at radius 1 is 1.33 bits per heavy atom. The van der Waals surface area contributed by atoms with Crippen LogP contribution in [0.3, 0.4) is 0 Å². The summed E-state index contributed by atoms with van der Waals surface area (Å²) >= 11 is 0. The maximum absolute atomic E-state index is 4.51. The summed E-state index contributed by atoms with van der Waals surface area (Å²) < 4.78 is 0. The van der Waals surface area contributed by atoms with Gasteiger partial charge in [-0.15, -0.1) is 0 Å². The van der Waals surface area contributed by atoms with Crippen LogP contribution >= 0.6 is 0 Å². The van der Waals surface area contributed by atoms with Gasteiger partial charge in [0.15, 0.2) is 0 Å². The zero-order chi connectivity index (χ0) is 10.6. The number of nitrogens with zero attached hydrogens (tertiary/aromatic N) is 2. The lowest BCUT2D eigenvalue weighted by Crippen LogP contribution is -2.53. The maximum atomic E-state index is 4.51. The van der Waals surface area contributed by atoms with Crippen LogP contribution in [0.4, 0.5) is 5.82 Å². The molecule has 3 aliphatic rings. The van der Waals surface area contributed by atoms with E-state index in [9.17, 15) is 0 Å². The first-order chi connectivity index (χ1) is 7.04. The van der Waals surface area contributed by atoms with Gasteiger partial charge in [-0.25, -0.2) is 4.98 Å². The lowest BCUT2D eigenvalue weighted by Gasteiger charge is -2.48. The molecule has 4 rings (SSSR count). The van der Waals surface area contributed by atoms with E-state index in [1.807, 2.05) is 6.20 Å². The van der Waals surface area contributed by atoms with E-state index in [1.54, 1.807) is 0 Å². The van der Waals surface area contributed by atoms with Gasteiger partial charge in [-0.3, -0.25) is 0 Å². The number of aromatic nitrogens is 1. The van der Waals surface area contributed by atoms with Crippen molar-refractivity contribution in [2.45, 2.75) is 27.2 Å². The van der Waals surface area contributed by atoms with Crippen LogP contribution in [0.1, 0.15) is 31.9 Å². The first kappa shape index (κ1) is 9.20. The van der Waals surface area contributed by atoms with Gasteiger partial charge >= 0.3 is 0 Å². The molecule has 1 aliphatic carbocycles. The molecule has 0 unspecified atom stereocenters. The zero-order valence-electron chi connectivity index (χ0n) is 9.75. The molecule has 0 N–H and O–H groups in total. The normalized spacial score (nSPS) is 19.8. The molecule has 2 bridgehead atoms. The molecule has 1 saturated heterocycles. The van der Waals surface area contributed by atoms with Gasteiger partial charge in [0.2, 0.25) is 0 Å². The molecule has 1 aromatic rings. The molecule has 0 aromatic carbocycles. The summed E-state index contributed by atoms with van der Waals surface area (Å²) in [6.45, 7) is 9.36. The minimum Gasteiger partial charge on any atom is -0.356 e. The Balaban J connectivity index is 1.72. The molecule has 0 saturated carbocycles. The fourth-order valence-electron chi connectivity index (χ4n) is 2.35. The van der Waals surface area contributed by atoms with E-state index in [-0.39, 0.29) is 0 Å². The average molecular weight is 202 g/mol. The van der Waals surface area contributed by atoms with Crippen molar-refractivity contribution in [3.05, 3.63) is 23.4 Å². The monoisotopic (exact) mass is 202 g/mol. The molecular weight excluding hydrogens is 184 g/mol. The largest absolute Gasteiger partial charge is 0.356 e. The van der Waals surface area contributed by atoms with Crippen LogP contribution in [0.5, 0.6) is 0 Å². The van der Waals surface area contributed by atoms with Crippen molar-refractivity contribution < 1.29 is 0 Å². The molecule has 0 amide bonds. The fourth-order valence-corrected chi connectivity index (χ4v) is 2.35. The van der Waals surface area contributed by atoms with Crippen LogP contribution in [-0.4, -0.2) is 18.1 Å². The highest BCUT2D eigenvalue weighted by molar-refractivity contribution is 5.57. The highest BCUT2D eigenvalue weighted by atomic mass is 15.2. The molecular formula is C13H18N2. The molecule has 2 aliphatic heterocycles. The van der Waals surface area contributed by atoms with E-state index in [4.69, 9.17) is 0 Å². The summed E-state index contributed by atoms with van der Waals surface area (Å²) in [5.74, 6) is 2.07. The van der Waals surface area contributed by atoms with Crippen molar-refractivity contribution in [3.63, 3.8) is 0 Å². The van der Waals surface area contributed by atoms with Gasteiger partial charge in [-0.2, -0.15) is 0 Å². The minimum absolute atomic E-state index is 0.445.